The summed E-state index contributed by atoms with van der Waals surface area (Å²) >= 11 is 0. The fourth-order valence-electron chi connectivity index (χ4n) is 2.45. The van der Waals surface area contributed by atoms with Gasteiger partial charge in [-0.15, -0.1) is 0 Å². The van der Waals surface area contributed by atoms with E-state index in [-0.39, 0.29) is 11.5 Å². The molecule has 4 nitrogen and oxygen atoms in total. The van der Waals surface area contributed by atoms with Crippen LogP contribution in [0.25, 0.3) is 0 Å². The molecule has 0 fully saturated rings. The number of carbonyl (C=O) groups excluding carboxylic acids is 1. The molecule has 2 rings (SSSR count). The van der Waals surface area contributed by atoms with Gasteiger partial charge in [-0.25, -0.2) is 9.18 Å². The van der Waals surface area contributed by atoms with E-state index in [1.54, 1.807) is 24.3 Å². The largest absolute Gasteiger partial charge is 0.494 e. The molecule has 0 radical (unpaired) electrons. The molecule has 0 aliphatic rings. The summed E-state index contributed by atoms with van der Waals surface area (Å²) in [4.78, 5) is 12.2. The number of carbonyl (C=O) groups is 1. The molecule has 0 aromatic heterocycles. The number of hydrogen-bond acceptors (Lipinski definition) is 4. The van der Waals surface area contributed by atoms with Crippen molar-refractivity contribution in [1.82, 2.24) is 0 Å². The van der Waals surface area contributed by atoms with Crippen LogP contribution >= 0.6 is 0 Å². The standard InChI is InChI=1S/C22H27FO4/c1-3-5-6-7-15-26-21-13-12-19(16-20(21)23)27-22(24)17-8-10-18(11-9-17)25-14-4-2/h8-13,16H,3-7,14-15H2,1-2H3. The Morgan fingerprint density at radius 2 is 1.59 bits per heavy atom. The van der Waals surface area contributed by atoms with Gasteiger partial charge in [-0.2, -0.15) is 0 Å². The van der Waals surface area contributed by atoms with Crippen LogP contribution in [0.5, 0.6) is 17.2 Å². The first-order valence-electron chi connectivity index (χ1n) is 9.51. The number of halogens is 1. The Kier molecular flexibility index (Phi) is 8.62. The normalized spacial score (nSPS) is 10.5. The Labute approximate surface area is 160 Å². The van der Waals surface area contributed by atoms with Crippen LogP contribution in [0.4, 0.5) is 4.39 Å². The van der Waals surface area contributed by atoms with Gasteiger partial charge in [0.15, 0.2) is 11.6 Å². The summed E-state index contributed by atoms with van der Waals surface area (Å²) in [5, 5.41) is 0. The van der Waals surface area contributed by atoms with Gasteiger partial charge in [-0.3, -0.25) is 0 Å². The first-order chi connectivity index (χ1) is 13.1. The molecule has 0 amide bonds. The minimum Gasteiger partial charge on any atom is -0.494 e. The van der Waals surface area contributed by atoms with Gasteiger partial charge in [0.25, 0.3) is 0 Å². The maximum absolute atomic E-state index is 14.1. The smallest absolute Gasteiger partial charge is 0.343 e. The maximum atomic E-state index is 14.1. The molecule has 0 bridgehead atoms. The molecular weight excluding hydrogens is 347 g/mol. The van der Waals surface area contributed by atoms with Gasteiger partial charge in [0.1, 0.15) is 11.5 Å². The van der Waals surface area contributed by atoms with Crippen LogP contribution in [0, 0.1) is 5.82 Å². The topological polar surface area (TPSA) is 44.8 Å². The van der Waals surface area contributed by atoms with Crippen molar-refractivity contribution in [1.29, 1.82) is 0 Å². The van der Waals surface area contributed by atoms with Gasteiger partial charge in [0.05, 0.1) is 18.8 Å². The predicted octanol–water partition coefficient (Wildman–Crippen LogP) is 5.79. The molecule has 0 aliphatic carbocycles. The second-order valence-electron chi connectivity index (χ2n) is 6.26. The summed E-state index contributed by atoms with van der Waals surface area (Å²) < 4.78 is 30.3. The number of hydrogen-bond donors (Lipinski definition) is 0. The lowest BCUT2D eigenvalue weighted by Gasteiger charge is -2.09. The minimum atomic E-state index is -0.551. The Morgan fingerprint density at radius 1 is 0.852 bits per heavy atom. The fourth-order valence-corrected chi connectivity index (χ4v) is 2.45. The molecule has 2 aromatic carbocycles. The molecule has 0 saturated heterocycles. The van der Waals surface area contributed by atoms with E-state index in [1.807, 2.05) is 6.92 Å². The first-order valence-corrected chi connectivity index (χ1v) is 9.51. The van der Waals surface area contributed by atoms with Crippen molar-refractivity contribution in [3.8, 4) is 17.2 Å². The van der Waals surface area contributed by atoms with Crippen LogP contribution in [0.2, 0.25) is 0 Å². The van der Waals surface area contributed by atoms with E-state index < -0.39 is 11.8 Å². The Hall–Kier alpha value is -2.56. The Morgan fingerprint density at radius 3 is 2.26 bits per heavy atom. The number of ether oxygens (including phenoxy) is 3. The van der Waals surface area contributed by atoms with Gasteiger partial charge >= 0.3 is 5.97 Å². The van der Waals surface area contributed by atoms with E-state index in [0.717, 1.165) is 38.2 Å². The van der Waals surface area contributed by atoms with Gasteiger partial charge < -0.3 is 14.2 Å². The average molecular weight is 374 g/mol. The molecule has 0 N–H and O–H groups in total. The zero-order valence-electron chi connectivity index (χ0n) is 16.0. The molecule has 0 unspecified atom stereocenters. The highest BCUT2D eigenvalue weighted by atomic mass is 19.1. The fraction of sp³-hybridized carbons (Fsp3) is 0.409. The lowest BCUT2D eigenvalue weighted by molar-refractivity contribution is 0.0734. The van der Waals surface area contributed by atoms with E-state index in [1.165, 1.54) is 12.1 Å². The van der Waals surface area contributed by atoms with Crippen molar-refractivity contribution in [2.75, 3.05) is 13.2 Å². The van der Waals surface area contributed by atoms with Crippen molar-refractivity contribution in [3.63, 3.8) is 0 Å². The van der Waals surface area contributed by atoms with Crippen molar-refractivity contribution in [2.45, 2.75) is 46.0 Å². The molecule has 0 saturated carbocycles. The third-order valence-corrected chi connectivity index (χ3v) is 3.93. The second kappa shape index (κ2) is 11.2. The Bertz CT molecular complexity index is 713. The quantitative estimate of drug-likeness (QED) is 0.284. The molecule has 5 heteroatoms. The minimum absolute atomic E-state index is 0.141. The summed E-state index contributed by atoms with van der Waals surface area (Å²) in [6.07, 6.45) is 5.15. The number of benzene rings is 2. The van der Waals surface area contributed by atoms with Crippen LogP contribution in [0.3, 0.4) is 0 Å². The van der Waals surface area contributed by atoms with Crippen LogP contribution in [-0.2, 0) is 0 Å². The third-order valence-electron chi connectivity index (χ3n) is 3.93. The molecule has 27 heavy (non-hydrogen) atoms. The van der Waals surface area contributed by atoms with Crippen LogP contribution in [-0.4, -0.2) is 19.2 Å². The lowest BCUT2D eigenvalue weighted by Crippen LogP contribution is -2.09. The zero-order chi connectivity index (χ0) is 19.5. The number of rotatable bonds is 11. The van der Waals surface area contributed by atoms with Crippen molar-refractivity contribution >= 4 is 5.97 Å². The van der Waals surface area contributed by atoms with Crippen LogP contribution in [0.15, 0.2) is 42.5 Å². The van der Waals surface area contributed by atoms with E-state index in [0.29, 0.717) is 24.5 Å². The van der Waals surface area contributed by atoms with Gasteiger partial charge in [0, 0.05) is 6.07 Å². The summed E-state index contributed by atoms with van der Waals surface area (Å²) in [6.45, 7) is 5.25. The van der Waals surface area contributed by atoms with E-state index in [2.05, 4.69) is 6.92 Å². The van der Waals surface area contributed by atoms with Crippen molar-refractivity contribution in [2.24, 2.45) is 0 Å². The molecule has 0 aliphatic heterocycles. The highest BCUT2D eigenvalue weighted by Gasteiger charge is 2.11. The third kappa shape index (κ3) is 6.93. The highest BCUT2D eigenvalue weighted by Crippen LogP contribution is 2.24. The average Bonchev–Trinajstić information content (AvgIpc) is 2.68. The van der Waals surface area contributed by atoms with Crippen LogP contribution < -0.4 is 14.2 Å². The van der Waals surface area contributed by atoms with Crippen molar-refractivity contribution < 1.29 is 23.4 Å². The summed E-state index contributed by atoms with van der Waals surface area (Å²) in [5.41, 5.74) is 0.371. The lowest BCUT2D eigenvalue weighted by atomic mass is 10.2. The van der Waals surface area contributed by atoms with E-state index in [9.17, 15) is 9.18 Å². The number of unbranched alkanes of at least 4 members (excludes halogenated alkanes) is 3. The van der Waals surface area contributed by atoms with Gasteiger partial charge in [0.2, 0.25) is 0 Å². The zero-order valence-corrected chi connectivity index (χ0v) is 16.0. The number of esters is 1. The maximum Gasteiger partial charge on any atom is 0.343 e. The highest BCUT2D eigenvalue weighted by molar-refractivity contribution is 5.91. The molecule has 2 aromatic rings. The summed E-state index contributed by atoms with van der Waals surface area (Å²) in [7, 11) is 0. The van der Waals surface area contributed by atoms with Crippen LogP contribution in [0.1, 0.15) is 56.3 Å². The molecule has 0 atom stereocenters. The molecule has 146 valence electrons. The first kappa shape index (κ1) is 20.7. The van der Waals surface area contributed by atoms with E-state index >= 15 is 0 Å². The summed E-state index contributed by atoms with van der Waals surface area (Å²) in [5.74, 6) is -0.0884. The Balaban J connectivity index is 1.89. The molecule has 0 spiro atoms. The predicted molar refractivity (Wildman–Crippen MR) is 103 cm³/mol. The van der Waals surface area contributed by atoms with Gasteiger partial charge in [-0.1, -0.05) is 33.1 Å². The molecular formula is C22H27FO4. The monoisotopic (exact) mass is 374 g/mol. The SMILES string of the molecule is CCCCCCOc1ccc(OC(=O)c2ccc(OCCC)cc2)cc1F. The van der Waals surface area contributed by atoms with Gasteiger partial charge in [-0.05, 0) is 49.2 Å². The van der Waals surface area contributed by atoms with E-state index in [4.69, 9.17) is 14.2 Å². The molecule has 0 heterocycles. The van der Waals surface area contributed by atoms with Crippen molar-refractivity contribution in [3.05, 3.63) is 53.8 Å². The second-order valence-corrected chi connectivity index (χ2v) is 6.26. The summed E-state index contributed by atoms with van der Waals surface area (Å²) in [6, 6.07) is 10.8.